The molecule has 0 aromatic heterocycles. The average molecular weight is 246 g/mol. The molecule has 0 radical (unpaired) electrons. The predicted molar refractivity (Wildman–Crippen MR) is 64.5 cm³/mol. The van der Waals surface area contributed by atoms with E-state index < -0.39 is 16.2 Å². The van der Waals surface area contributed by atoms with Crippen molar-refractivity contribution in [2.75, 3.05) is 19.0 Å². The van der Waals surface area contributed by atoms with E-state index in [0.29, 0.717) is 0 Å². The standard InChI is InChI=1S/C9H12N.C3H6.Ga/c1-8-6-4-5-7-9(8)10(2)3;1-3-2;/h4-7H,1H2,2-3H3;1-3H2;. The van der Waals surface area contributed by atoms with Gasteiger partial charge in [-0.15, -0.1) is 0 Å². The zero-order valence-electron chi connectivity index (χ0n) is 9.16. The second kappa shape index (κ2) is 4.45. The van der Waals surface area contributed by atoms with Crippen LogP contribution in [-0.4, -0.2) is 30.3 Å². The molecular weight excluding hydrogens is 228 g/mol. The Hall–Kier alpha value is -0.344. The number of nitrogens with zero attached hydrogens (tertiary/aromatic N) is 1. The molecule has 0 aliphatic carbocycles. The van der Waals surface area contributed by atoms with Crippen molar-refractivity contribution in [2.45, 2.75) is 21.3 Å². The second-order valence-corrected chi connectivity index (χ2v) is 11.4. The van der Waals surface area contributed by atoms with Crippen LogP contribution in [0.5, 0.6) is 0 Å². The molecule has 1 aliphatic rings. The summed E-state index contributed by atoms with van der Waals surface area (Å²) < 4.78 is 0. The number of hydrogen-bond acceptors (Lipinski definition) is 1. The van der Waals surface area contributed by atoms with Crippen LogP contribution < -0.4 is 4.90 Å². The molecule has 1 saturated heterocycles. The fraction of sp³-hybridized carbons (Fsp3) is 0.500. The zero-order valence-corrected chi connectivity index (χ0v) is 11.6. The third-order valence-electron chi connectivity index (χ3n) is 3.21. The van der Waals surface area contributed by atoms with E-state index in [4.69, 9.17) is 0 Å². The minimum atomic E-state index is -0.771. The van der Waals surface area contributed by atoms with Gasteiger partial charge in [0.1, 0.15) is 0 Å². The second-order valence-electron chi connectivity index (χ2n) is 4.52. The molecule has 0 amide bonds. The maximum absolute atomic E-state index is 2.32. The number of rotatable bonds is 3. The van der Waals surface area contributed by atoms with Crippen molar-refractivity contribution in [2.24, 2.45) is 0 Å². The summed E-state index contributed by atoms with van der Waals surface area (Å²) in [5, 5.41) is 0. The molecule has 0 N–H and O–H groups in total. The zero-order chi connectivity index (χ0) is 9.97. The topological polar surface area (TPSA) is 3.24 Å². The SMILES string of the molecule is CN(C)c1ccccc1[CH2][Ga]1[CH2]C[CH2]1. The van der Waals surface area contributed by atoms with Gasteiger partial charge in [0, 0.05) is 0 Å². The van der Waals surface area contributed by atoms with Gasteiger partial charge in [0.05, 0.1) is 0 Å². The number of benzene rings is 1. The normalized spacial score (nSPS) is 15.1. The van der Waals surface area contributed by atoms with Crippen molar-refractivity contribution >= 4 is 21.9 Å². The van der Waals surface area contributed by atoms with Gasteiger partial charge in [-0.3, -0.25) is 0 Å². The van der Waals surface area contributed by atoms with Gasteiger partial charge in [-0.2, -0.15) is 0 Å². The minimum absolute atomic E-state index is 0.771. The molecule has 1 aromatic carbocycles. The van der Waals surface area contributed by atoms with Crippen LogP contribution in [0.2, 0.25) is 9.95 Å². The van der Waals surface area contributed by atoms with E-state index in [1.54, 1.807) is 15.5 Å². The molecule has 74 valence electrons. The van der Waals surface area contributed by atoms with E-state index in [1.807, 2.05) is 0 Å². The Morgan fingerprint density at radius 2 is 1.93 bits per heavy atom. The summed E-state index contributed by atoms with van der Waals surface area (Å²) in [6, 6.07) is 8.89. The van der Waals surface area contributed by atoms with E-state index in [1.165, 1.54) is 17.1 Å². The first kappa shape index (κ1) is 10.2. The molecule has 14 heavy (non-hydrogen) atoms. The molecule has 1 aliphatic heterocycles. The molecule has 0 unspecified atom stereocenters. The van der Waals surface area contributed by atoms with E-state index in [-0.39, 0.29) is 0 Å². The van der Waals surface area contributed by atoms with Crippen LogP contribution in [0.15, 0.2) is 24.3 Å². The van der Waals surface area contributed by atoms with Gasteiger partial charge in [-0.05, 0) is 0 Å². The van der Waals surface area contributed by atoms with Crippen LogP contribution in [0.3, 0.4) is 0 Å². The summed E-state index contributed by atoms with van der Waals surface area (Å²) in [5.41, 5.74) is 3.03. The Morgan fingerprint density at radius 3 is 2.50 bits per heavy atom. The Kier molecular flexibility index (Phi) is 3.24. The Balaban J connectivity index is 2.13. The van der Waals surface area contributed by atoms with Crippen molar-refractivity contribution < 1.29 is 0 Å². The van der Waals surface area contributed by atoms with E-state index in [0.717, 1.165) is 0 Å². The van der Waals surface area contributed by atoms with E-state index in [2.05, 4.69) is 43.3 Å². The van der Waals surface area contributed by atoms with Crippen molar-refractivity contribution in [3.05, 3.63) is 29.8 Å². The van der Waals surface area contributed by atoms with Crippen molar-refractivity contribution in [1.29, 1.82) is 0 Å². The quantitative estimate of drug-likeness (QED) is 0.741. The first-order valence-corrected chi connectivity index (χ1v) is 10.7. The summed E-state index contributed by atoms with van der Waals surface area (Å²) in [7, 11) is 4.29. The summed E-state index contributed by atoms with van der Waals surface area (Å²) in [6.45, 7) is 0. The van der Waals surface area contributed by atoms with E-state index in [9.17, 15) is 0 Å². The third kappa shape index (κ3) is 2.18. The van der Waals surface area contributed by atoms with E-state index >= 15 is 0 Å². The Labute approximate surface area is 92.1 Å². The average Bonchev–Trinajstić information content (AvgIpc) is 2.12. The van der Waals surface area contributed by atoms with Crippen LogP contribution in [0.1, 0.15) is 12.0 Å². The fourth-order valence-electron chi connectivity index (χ4n) is 2.13. The molecule has 1 aromatic rings. The fourth-order valence-corrected chi connectivity index (χ4v) is 7.08. The van der Waals surface area contributed by atoms with Gasteiger partial charge in [0.15, 0.2) is 0 Å². The molecule has 0 atom stereocenters. The van der Waals surface area contributed by atoms with Crippen molar-refractivity contribution in [3.8, 4) is 0 Å². The molecule has 1 heterocycles. The Bertz CT molecular complexity index is 305. The molecule has 1 nitrogen and oxygen atoms in total. The summed E-state index contributed by atoms with van der Waals surface area (Å²) in [5.74, 6) is 0. The molecule has 2 rings (SSSR count). The molecule has 0 bridgehead atoms. The molecular formula is C12H18GaN. The summed E-state index contributed by atoms with van der Waals surface area (Å²) >= 11 is -0.771. The van der Waals surface area contributed by atoms with Crippen molar-refractivity contribution in [3.63, 3.8) is 0 Å². The summed E-state index contributed by atoms with van der Waals surface area (Å²) in [4.78, 5) is 6.95. The van der Waals surface area contributed by atoms with Gasteiger partial charge >= 0.3 is 92.1 Å². The van der Waals surface area contributed by atoms with Gasteiger partial charge < -0.3 is 0 Å². The summed E-state index contributed by atoms with van der Waals surface area (Å²) in [6.07, 6.45) is 1.52. The number of hydrogen-bond donors (Lipinski definition) is 0. The van der Waals surface area contributed by atoms with Gasteiger partial charge in [-0.1, -0.05) is 0 Å². The molecule has 2 heteroatoms. The maximum atomic E-state index is 2.32. The van der Waals surface area contributed by atoms with Gasteiger partial charge in [0.25, 0.3) is 0 Å². The molecule has 0 saturated carbocycles. The monoisotopic (exact) mass is 245 g/mol. The number of anilines is 1. The third-order valence-corrected chi connectivity index (χ3v) is 10.5. The first-order chi connectivity index (χ1) is 6.77. The van der Waals surface area contributed by atoms with Crippen LogP contribution in [-0.2, 0) is 4.98 Å². The van der Waals surface area contributed by atoms with Gasteiger partial charge in [-0.25, -0.2) is 0 Å². The first-order valence-electron chi connectivity index (χ1n) is 5.52. The van der Waals surface area contributed by atoms with Crippen LogP contribution in [0.4, 0.5) is 5.69 Å². The Morgan fingerprint density at radius 1 is 1.21 bits per heavy atom. The van der Waals surface area contributed by atoms with Crippen LogP contribution in [0.25, 0.3) is 0 Å². The van der Waals surface area contributed by atoms with Crippen LogP contribution in [0, 0.1) is 0 Å². The number of para-hydroxylation sites is 1. The van der Waals surface area contributed by atoms with Gasteiger partial charge in [0.2, 0.25) is 0 Å². The molecule has 1 fully saturated rings. The van der Waals surface area contributed by atoms with Crippen molar-refractivity contribution in [1.82, 2.24) is 0 Å². The van der Waals surface area contributed by atoms with Crippen LogP contribution >= 0.6 is 0 Å². The predicted octanol–water partition coefficient (Wildman–Crippen LogP) is 2.73. The molecule has 0 spiro atoms.